The fourth-order valence-corrected chi connectivity index (χ4v) is 3.28. The van der Waals surface area contributed by atoms with E-state index in [1.807, 2.05) is 10.8 Å². The van der Waals surface area contributed by atoms with Crippen molar-refractivity contribution in [3.05, 3.63) is 48.0 Å². The molecule has 2 unspecified atom stereocenters. The van der Waals surface area contributed by atoms with Crippen LogP contribution in [-0.2, 0) is 11.3 Å². The van der Waals surface area contributed by atoms with Gasteiger partial charge in [-0.1, -0.05) is 6.07 Å². The minimum atomic E-state index is -0.172. The third-order valence-corrected chi connectivity index (χ3v) is 4.92. The van der Waals surface area contributed by atoms with E-state index in [9.17, 15) is 4.79 Å². The van der Waals surface area contributed by atoms with E-state index in [4.69, 9.17) is 5.73 Å². The highest BCUT2D eigenvalue weighted by Gasteiger charge is 2.28. The molecule has 122 valence electrons. The Morgan fingerprint density at radius 2 is 2.22 bits per heavy atom. The summed E-state index contributed by atoms with van der Waals surface area (Å²) < 4.78 is 2.00. The van der Waals surface area contributed by atoms with Gasteiger partial charge in [-0.05, 0) is 49.9 Å². The van der Waals surface area contributed by atoms with E-state index in [0.29, 0.717) is 6.04 Å². The second kappa shape index (κ2) is 6.54. The molecule has 2 aromatic rings. The van der Waals surface area contributed by atoms with Crippen LogP contribution in [0.5, 0.6) is 0 Å². The molecule has 1 fully saturated rings. The molecule has 1 aliphatic heterocycles. The van der Waals surface area contributed by atoms with E-state index in [1.54, 1.807) is 12.5 Å². The maximum Gasteiger partial charge on any atom is 0.221 e. The summed E-state index contributed by atoms with van der Waals surface area (Å²) >= 11 is 0. The van der Waals surface area contributed by atoms with Gasteiger partial charge >= 0.3 is 0 Å². The van der Waals surface area contributed by atoms with E-state index in [0.717, 1.165) is 31.6 Å². The minimum Gasteiger partial charge on any atom is -0.369 e. The molecule has 0 bridgehead atoms. The molecule has 23 heavy (non-hydrogen) atoms. The number of hydrogen-bond donors (Lipinski definition) is 1. The van der Waals surface area contributed by atoms with Gasteiger partial charge in [-0.2, -0.15) is 0 Å². The summed E-state index contributed by atoms with van der Waals surface area (Å²) in [5.74, 6) is -0.189. The Labute approximate surface area is 137 Å². The summed E-state index contributed by atoms with van der Waals surface area (Å²) in [6, 6.07) is 6.95. The summed E-state index contributed by atoms with van der Waals surface area (Å²) in [4.78, 5) is 18.0. The lowest BCUT2D eigenvalue weighted by molar-refractivity contribution is -0.124. The highest BCUT2D eigenvalue weighted by Crippen LogP contribution is 2.25. The molecular formula is C18H24N4O. The SMILES string of the molecule is Cc1cc(-n2ccnc2)ccc1CN1CC(C(N)=O)CCC1C. The average Bonchev–Trinajstić information content (AvgIpc) is 3.05. The number of hydrogen-bond acceptors (Lipinski definition) is 3. The van der Waals surface area contributed by atoms with Crippen molar-refractivity contribution in [2.24, 2.45) is 11.7 Å². The van der Waals surface area contributed by atoms with Gasteiger partial charge < -0.3 is 10.3 Å². The molecule has 5 nitrogen and oxygen atoms in total. The van der Waals surface area contributed by atoms with E-state index in [-0.39, 0.29) is 11.8 Å². The van der Waals surface area contributed by atoms with Crippen molar-refractivity contribution < 1.29 is 4.79 Å². The van der Waals surface area contributed by atoms with Crippen LogP contribution in [0.15, 0.2) is 36.9 Å². The molecular weight excluding hydrogens is 288 g/mol. The summed E-state index contributed by atoms with van der Waals surface area (Å²) in [5, 5.41) is 0. The predicted octanol–water partition coefficient (Wildman–Crippen LogP) is 2.27. The Morgan fingerprint density at radius 1 is 1.39 bits per heavy atom. The molecule has 1 aromatic heterocycles. The summed E-state index contributed by atoms with van der Waals surface area (Å²) in [5.41, 5.74) is 9.17. The first-order valence-electron chi connectivity index (χ1n) is 8.16. The monoisotopic (exact) mass is 312 g/mol. The van der Waals surface area contributed by atoms with Gasteiger partial charge in [0.2, 0.25) is 5.91 Å². The Hall–Kier alpha value is -2.14. The maximum absolute atomic E-state index is 11.5. The van der Waals surface area contributed by atoms with E-state index < -0.39 is 0 Å². The van der Waals surface area contributed by atoms with Gasteiger partial charge in [-0.15, -0.1) is 0 Å². The van der Waals surface area contributed by atoms with Gasteiger partial charge in [-0.25, -0.2) is 4.98 Å². The number of aromatic nitrogens is 2. The summed E-state index contributed by atoms with van der Waals surface area (Å²) in [6.45, 7) is 5.99. The predicted molar refractivity (Wildman–Crippen MR) is 90.1 cm³/mol. The van der Waals surface area contributed by atoms with Crippen molar-refractivity contribution >= 4 is 5.91 Å². The molecule has 1 saturated heterocycles. The van der Waals surface area contributed by atoms with Crippen molar-refractivity contribution in [2.75, 3.05) is 6.54 Å². The fourth-order valence-electron chi connectivity index (χ4n) is 3.28. The van der Waals surface area contributed by atoms with Crippen molar-refractivity contribution in [3.8, 4) is 5.69 Å². The molecule has 5 heteroatoms. The highest BCUT2D eigenvalue weighted by molar-refractivity contribution is 5.77. The summed E-state index contributed by atoms with van der Waals surface area (Å²) in [7, 11) is 0. The quantitative estimate of drug-likeness (QED) is 0.942. The average molecular weight is 312 g/mol. The fraction of sp³-hybridized carbons (Fsp3) is 0.444. The standard InChI is InChI=1S/C18H24N4O/c1-13-9-17(21-8-7-20-12-21)6-5-15(13)10-22-11-16(18(19)23)4-3-14(22)2/h5-9,12,14,16H,3-4,10-11H2,1-2H3,(H2,19,23). The second-order valence-corrected chi connectivity index (χ2v) is 6.54. The molecule has 0 aliphatic carbocycles. The van der Waals surface area contributed by atoms with Crippen molar-refractivity contribution in [3.63, 3.8) is 0 Å². The second-order valence-electron chi connectivity index (χ2n) is 6.54. The van der Waals surface area contributed by atoms with Crippen LogP contribution in [0.4, 0.5) is 0 Å². The molecule has 2 heterocycles. The number of primary amides is 1. The van der Waals surface area contributed by atoms with Gasteiger partial charge in [0.1, 0.15) is 0 Å². The van der Waals surface area contributed by atoms with Gasteiger partial charge in [0, 0.05) is 37.2 Å². The van der Waals surface area contributed by atoms with Crippen LogP contribution in [0, 0.1) is 12.8 Å². The number of imidazole rings is 1. The third-order valence-electron chi connectivity index (χ3n) is 4.92. The first-order valence-corrected chi connectivity index (χ1v) is 8.16. The zero-order chi connectivity index (χ0) is 16.4. The lowest BCUT2D eigenvalue weighted by Crippen LogP contribution is -2.45. The Balaban J connectivity index is 1.75. The topological polar surface area (TPSA) is 64.2 Å². The molecule has 0 spiro atoms. The molecule has 1 amide bonds. The van der Waals surface area contributed by atoms with Crippen molar-refractivity contribution in [1.29, 1.82) is 0 Å². The lowest BCUT2D eigenvalue weighted by Gasteiger charge is -2.37. The smallest absolute Gasteiger partial charge is 0.221 e. The van der Waals surface area contributed by atoms with Crippen molar-refractivity contribution in [2.45, 2.75) is 39.3 Å². The molecule has 0 radical (unpaired) electrons. The molecule has 0 saturated carbocycles. The molecule has 2 N–H and O–H groups in total. The zero-order valence-corrected chi connectivity index (χ0v) is 13.8. The zero-order valence-electron chi connectivity index (χ0n) is 13.8. The maximum atomic E-state index is 11.5. The Bertz CT molecular complexity index is 680. The minimum absolute atomic E-state index is 0.0169. The summed E-state index contributed by atoms with van der Waals surface area (Å²) in [6.07, 6.45) is 7.46. The molecule has 1 aromatic carbocycles. The van der Waals surface area contributed by atoms with Gasteiger partial charge in [0.05, 0.1) is 12.2 Å². The van der Waals surface area contributed by atoms with Crippen molar-refractivity contribution in [1.82, 2.24) is 14.5 Å². The highest BCUT2D eigenvalue weighted by atomic mass is 16.1. The van der Waals surface area contributed by atoms with E-state index >= 15 is 0 Å². The number of piperidine rings is 1. The third kappa shape index (κ3) is 3.45. The van der Waals surface area contributed by atoms with Crippen LogP contribution < -0.4 is 5.73 Å². The number of amides is 1. The largest absolute Gasteiger partial charge is 0.369 e. The number of carbonyl (C=O) groups is 1. The number of carbonyl (C=O) groups excluding carboxylic acids is 1. The normalized spacial score (nSPS) is 22.2. The number of rotatable bonds is 4. The number of nitrogens with two attached hydrogens (primary N) is 1. The van der Waals surface area contributed by atoms with Crippen LogP contribution in [0.25, 0.3) is 5.69 Å². The lowest BCUT2D eigenvalue weighted by atomic mass is 9.92. The van der Waals surface area contributed by atoms with Gasteiger partial charge in [0.15, 0.2) is 0 Å². The Morgan fingerprint density at radius 3 is 2.87 bits per heavy atom. The number of benzene rings is 1. The molecule has 3 rings (SSSR count). The van der Waals surface area contributed by atoms with Crippen LogP contribution in [0.2, 0.25) is 0 Å². The molecule has 1 aliphatic rings. The van der Waals surface area contributed by atoms with Gasteiger partial charge in [-0.3, -0.25) is 9.69 Å². The Kier molecular flexibility index (Phi) is 4.48. The molecule has 2 atom stereocenters. The first kappa shape index (κ1) is 15.7. The number of aryl methyl sites for hydroxylation is 1. The van der Waals surface area contributed by atoms with E-state index in [1.165, 1.54) is 11.1 Å². The van der Waals surface area contributed by atoms with E-state index in [2.05, 4.69) is 41.9 Å². The van der Waals surface area contributed by atoms with Crippen LogP contribution in [0.3, 0.4) is 0 Å². The van der Waals surface area contributed by atoms with Gasteiger partial charge in [0.25, 0.3) is 0 Å². The van der Waals surface area contributed by atoms with Crippen LogP contribution >= 0.6 is 0 Å². The van der Waals surface area contributed by atoms with Crippen LogP contribution in [0.1, 0.15) is 30.9 Å². The number of nitrogens with zero attached hydrogens (tertiary/aromatic N) is 3. The number of likely N-dealkylation sites (tertiary alicyclic amines) is 1. The van der Waals surface area contributed by atoms with Crippen LogP contribution in [-0.4, -0.2) is 32.9 Å². The first-order chi connectivity index (χ1) is 11.0.